The molecule has 1 aliphatic carbocycles. The first kappa shape index (κ1) is 23.6. The van der Waals surface area contributed by atoms with Gasteiger partial charge >= 0.3 is 0 Å². The summed E-state index contributed by atoms with van der Waals surface area (Å²) in [6, 6.07) is 9.00. The Morgan fingerprint density at radius 1 is 1.07 bits per heavy atom. The minimum Gasteiger partial charge on any atom is -0.396 e. The van der Waals surface area contributed by atoms with Gasteiger partial charge in [0, 0.05) is 0 Å². The van der Waals surface area contributed by atoms with Gasteiger partial charge in [0.15, 0.2) is 0 Å². The summed E-state index contributed by atoms with van der Waals surface area (Å²) in [7, 11) is 0. The lowest BCUT2D eigenvalue weighted by atomic mass is 9.91. The highest BCUT2D eigenvalue weighted by Crippen LogP contribution is 2.35. The molecule has 6 N–H and O–H groups in total. The summed E-state index contributed by atoms with van der Waals surface area (Å²) in [4.78, 5) is 0. The maximum atomic E-state index is 5.94. The number of nitrogens with two attached hydrogens (primary N) is 3. The largest absolute Gasteiger partial charge is 0.396 e. The van der Waals surface area contributed by atoms with Crippen LogP contribution in [0.2, 0.25) is 0 Å². The van der Waals surface area contributed by atoms with Crippen LogP contribution in [0, 0.1) is 0 Å². The molecule has 0 spiro atoms. The van der Waals surface area contributed by atoms with Crippen LogP contribution in [0.4, 0.5) is 0 Å². The molecule has 0 radical (unpaired) electrons. The molecule has 1 aromatic rings. The Balaban J connectivity index is 0.00000190. The smallest absolute Gasteiger partial charge is 0.117 e. The number of allylic oxidation sites excluding steroid dienone is 6. The van der Waals surface area contributed by atoms with Crippen LogP contribution in [0.15, 0.2) is 65.2 Å². The van der Waals surface area contributed by atoms with E-state index in [0.29, 0.717) is 11.6 Å². The van der Waals surface area contributed by atoms with Crippen molar-refractivity contribution in [1.29, 1.82) is 0 Å². The monoisotopic (exact) mass is 381 g/mol. The minimum absolute atomic E-state index is 0.157. The standard InChI is InChI=1S/C23H33N3.C2H6/c1-4-5-13-21(16(2)14-22(24)23(25)26)17(3)19-11-8-12-20(15-19)18-9-6-7-10-18;1-2/h5,8,11-15,18H,4,6-7,9-10,24-26H2,1-3H3;1-2H3/b13-5-,16-14+,21-17-;. The van der Waals surface area contributed by atoms with Crippen molar-refractivity contribution in [2.45, 2.75) is 72.6 Å². The van der Waals surface area contributed by atoms with Gasteiger partial charge in [-0.05, 0) is 73.0 Å². The molecule has 0 amide bonds. The van der Waals surface area contributed by atoms with Crippen molar-refractivity contribution in [3.63, 3.8) is 0 Å². The number of hydrogen-bond donors (Lipinski definition) is 3. The first-order chi connectivity index (χ1) is 13.4. The van der Waals surface area contributed by atoms with Crippen molar-refractivity contribution in [3.8, 4) is 0 Å². The van der Waals surface area contributed by atoms with E-state index >= 15 is 0 Å². The molecule has 0 atom stereocenters. The molecule has 0 unspecified atom stereocenters. The predicted molar refractivity (Wildman–Crippen MR) is 124 cm³/mol. The Labute approximate surface area is 172 Å². The van der Waals surface area contributed by atoms with E-state index in [1.54, 1.807) is 0 Å². The number of benzene rings is 1. The van der Waals surface area contributed by atoms with Crippen LogP contribution >= 0.6 is 0 Å². The Morgan fingerprint density at radius 2 is 1.71 bits per heavy atom. The Hall–Kier alpha value is -2.42. The molecule has 1 saturated carbocycles. The van der Waals surface area contributed by atoms with Gasteiger partial charge in [-0.25, -0.2) is 0 Å². The maximum absolute atomic E-state index is 5.94. The van der Waals surface area contributed by atoms with E-state index in [1.807, 2.05) is 19.9 Å². The zero-order valence-electron chi connectivity index (χ0n) is 18.4. The van der Waals surface area contributed by atoms with Crippen molar-refractivity contribution in [2.75, 3.05) is 0 Å². The molecule has 0 bridgehead atoms. The lowest BCUT2D eigenvalue weighted by molar-refractivity contribution is 0.723. The fourth-order valence-electron chi connectivity index (χ4n) is 3.62. The van der Waals surface area contributed by atoms with Gasteiger partial charge in [0.05, 0.1) is 5.70 Å². The van der Waals surface area contributed by atoms with Gasteiger partial charge in [0.2, 0.25) is 0 Å². The van der Waals surface area contributed by atoms with Crippen LogP contribution in [0.5, 0.6) is 0 Å². The molecule has 0 saturated heterocycles. The molecule has 0 heterocycles. The Kier molecular flexibility index (Phi) is 10.2. The zero-order valence-corrected chi connectivity index (χ0v) is 18.4. The summed E-state index contributed by atoms with van der Waals surface area (Å²) in [6.07, 6.45) is 12.5. The molecule has 1 aromatic carbocycles. The molecule has 1 fully saturated rings. The van der Waals surface area contributed by atoms with Crippen molar-refractivity contribution in [1.82, 2.24) is 0 Å². The second-order valence-electron chi connectivity index (χ2n) is 7.19. The topological polar surface area (TPSA) is 78.1 Å². The average molecular weight is 382 g/mol. The third-order valence-corrected chi connectivity index (χ3v) is 5.20. The van der Waals surface area contributed by atoms with Crippen molar-refractivity contribution >= 4 is 5.57 Å². The van der Waals surface area contributed by atoms with Crippen LogP contribution in [-0.4, -0.2) is 0 Å². The van der Waals surface area contributed by atoms with Crippen LogP contribution in [0.1, 0.15) is 83.8 Å². The van der Waals surface area contributed by atoms with Gasteiger partial charge in [-0.15, -0.1) is 0 Å². The highest BCUT2D eigenvalue weighted by atomic mass is 14.8. The molecule has 3 nitrogen and oxygen atoms in total. The molecule has 154 valence electrons. The SMILES string of the molecule is CC.CC\C=C/C(=C(\C)c1cccc(C2CCCC2)c1)C(/C)=C/C(N)=C(N)N. The Morgan fingerprint density at radius 3 is 2.29 bits per heavy atom. The first-order valence-electron chi connectivity index (χ1n) is 10.6. The number of rotatable bonds is 6. The quantitative estimate of drug-likeness (QED) is 0.521. The van der Waals surface area contributed by atoms with Gasteiger partial charge in [-0.1, -0.05) is 70.0 Å². The van der Waals surface area contributed by atoms with Gasteiger partial charge < -0.3 is 17.2 Å². The third kappa shape index (κ3) is 6.63. The third-order valence-electron chi connectivity index (χ3n) is 5.20. The van der Waals surface area contributed by atoms with Crippen molar-refractivity contribution in [3.05, 3.63) is 76.3 Å². The predicted octanol–water partition coefficient (Wildman–Crippen LogP) is 6.10. The van der Waals surface area contributed by atoms with E-state index in [-0.39, 0.29) is 5.82 Å². The van der Waals surface area contributed by atoms with Crippen molar-refractivity contribution < 1.29 is 0 Å². The van der Waals surface area contributed by atoms with Gasteiger partial charge in [0.1, 0.15) is 5.82 Å². The lowest BCUT2D eigenvalue weighted by Gasteiger charge is -2.14. The molecule has 0 aliphatic heterocycles. The molecular formula is C25H39N3. The van der Waals surface area contributed by atoms with E-state index < -0.39 is 0 Å². The molecular weight excluding hydrogens is 342 g/mol. The highest BCUT2D eigenvalue weighted by molar-refractivity contribution is 5.74. The van der Waals surface area contributed by atoms with Gasteiger partial charge in [0.25, 0.3) is 0 Å². The fourth-order valence-corrected chi connectivity index (χ4v) is 3.62. The second kappa shape index (κ2) is 12.1. The number of hydrogen-bond acceptors (Lipinski definition) is 3. The normalized spacial score (nSPS) is 15.8. The van der Waals surface area contributed by atoms with Gasteiger partial charge in [-0.3, -0.25) is 0 Å². The van der Waals surface area contributed by atoms with Crippen LogP contribution in [0.3, 0.4) is 0 Å². The van der Waals surface area contributed by atoms with E-state index in [9.17, 15) is 0 Å². The Bertz CT molecular complexity index is 741. The van der Waals surface area contributed by atoms with Crippen molar-refractivity contribution in [2.24, 2.45) is 17.2 Å². The second-order valence-corrected chi connectivity index (χ2v) is 7.19. The van der Waals surface area contributed by atoms with E-state index in [0.717, 1.165) is 12.0 Å². The molecule has 3 heteroatoms. The fraction of sp³-hybridized carbons (Fsp3) is 0.440. The molecule has 0 aromatic heterocycles. The molecule has 2 rings (SSSR count). The average Bonchev–Trinajstić information content (AvgIpc) is 3.24. The zero-order chi connectivity index (χ0) is 21.1. The van der Waals surface area contributed by atoms with E-state index in [4.69, 9.17) is 17.2 Å². The van der Waals surface area contributed by atoms with Crippen LogP contribution < -0.4 is 17.2 Å². The maximum Gasteiger partial charge on any atom is 0.117 e. The summed E-state index contributed by atoms with van der Waals surface area (Å²) < 4.78 is 0. The van der Waals surface area contributed by atoms with E-state index in [2.05, 4.69) is 57.2 Å². The summed E-state index contributed by atoms with van der Waals surface area (Å²) in [6.45, 7) is 10.4. The summed E-state index contributed by atoms with van der Waals surface area (Å²) in [5.74, 6) is 0.869. The van der Waals surface area contributed by atoms with Gasteiger partial charge in [-0.2, -0.15) is 0 Å². The summed E-state index contributed by atoms with van der Waals surface area (Å²) in [5, 5.41) is 0. The molecule has 28 heavy (non-hydrogen) atoms. The minimum atomic E-state index is 0.157. The lowest BCUT2D eigenvalue weighted by Crippen LogP contribution is -2.16. The first-order valence-corrected chi connectivity index (χ1v) is 10.6. The van der Waals surface area contributed by atoms with E-state index in [1.165, 1.54) is 48.0 Å². The summed E-state index contributed by atoms with van der Waals surface area (Å²) in [5.41, 5.74) is 23.8. The van der Waals surface area contributed by atoms with Crippen LogP contribution in [0.25, 0.3) is 5.57 Å². The molecule has 1 aliphatic rings. The highest BCUT2D eigenvalue weighted by Gasteiger charge is 2.17. The summed E-state index contributed by atoms with van der Waals surface area (Å²) >= 11 is 0. The van der Waals surface area contributed by atoms with Crippen LogP contribution in [-0.2, 0) is 0 Å².